The topological polar surface area (TPSA) is 30.2 Å². The van der Waals surface area contributed by atoms with Crippen molar-refractivity contribution in [3.05, 3.63) is 35.6 Å². The highest BCUT2D eigenvalue weighted by atomic mass is 16.3. The minimum absolute atomic E-state index is 0.125. The Kier molecular flexibility index (Phi) is 2.82. The van der Waals surface area contributed by atoms with Crippen molar-refractivity contribution < 1.29 is 9.21 Å². The Labute approximate surface area is 102 Å². The molecule has 0 radical (unpaired) electrons. The molecule has 0 spiro atoms. The van der Waals surface area contributed by atoms with Crippen LogP contribution in [0, 0.1) is 5.41 Å². The smallest absolute Gasteiger partial charge is 0.172 e. The van der Waals surface area contributed by atoms with Crippen LogP contribution in [-0.2, 0) is 6.42 Å². The van der Waals surface area contributed by atoms with E-state index < -0.39 is 0 Å². The van der Waals surface area contributed by atoms with Crippen LogP contribution < -0.4 is 0 Å². The van der Waals surface area contributed by atoms with Crippen molar-refractivity contribution in [1.82, 2.24) is 0 Å². The second-order valence-corrected chi connectivity index (χ2v) is 5.41. The van der Waals surface area contributed by atoms with Crippen LogP contribution in [-0.4, -0.2) is 5.78 Å². The number of benzene rings is 1. The molecule has 0 saturated heterocycles. The number of rotatable bonds is 2. The Hall–Kier alpha value is -1.57. The summed E-state index contributed by atoms with van der Waals surface area (Å²) in [6, 6.07) is 6.04. The number of carbonyl (C=O) groups excluding carboxylic acids is 1. The third-order valence-electron chi connectivity index (χ3n) is 2.97. The molecule has 17 heavy (non-hydrogen) atoms. The second kappa shape index (κ2) is 4.02. The first-order valence-corrected chi connectivity index (χ1v) is 5.98. The van der Waals surface area contributed by atoms with Crippen LogP contribution in [0.3, 0.4) is 0 Å². The predicted octanol–water partition coefficient (Wildman–Crippen LogP) is 4.22. The maximum atomic E-state index is 12.2. The summed E-state index contributed by atoms with van der Waals surface area (Å²) in [5.41, 5.74) is 2.34. The normalized spacial score (nSPS) is 12.0. The highest BCUT2D eigenvalue weighted by molar-refractivity contribution is 6.09. The van der Waals surface area contributed by atoms with E-state index in [-0.39, 0.29) is 11.2 Å². The van der Waals surface area contributed by atoms with E-state index >= 15 is 0 Å². The zero-order valence-electron chi connectivity index (χ0n) is 10.8. The number of aryl methyl sites for hydroxylation is 1. The summed E-state index contributed by atoms with van der Waals surface area (Å²) in [6.45, 7) is 7.88. The number of hydrogen-bond donors (Lipinski definition) is 0. The summed E-state index contributed by atoms with van der Waals surface area (Å²) in [6.07, 6.45) is 2.55. The SMILES string of the molecule is CCc1ccc2c(C(=O)C(C)(C)C)coc2c1. The highest BCUT2D eigenvalue weighted by Crippen LogP contribution is 2.28. The molecule has 2 aromatic rings. The third-order valence-corrected chi connectivity index (χ3v) is 2.97. The van der Waals surface area contributed by atoms with Crippen LogP contribution in [0.25, 0.3) is 11.0 Å². The molecule has 2 heteroatoms. The minimum atomic E-state index is -0.375. The molecule has 0 unspecified atom stereocenters. The van der Waals surface area contributed by atoms with Gasteiger partial charge in [0, 0.05) is 10.8 Å². The zero-order valence-corrected chi connectivity index (χ0v) is 10.8. The van der Waals surface area contributed by atoms with Gasteiger partial charge in [-0.3, -0.25) is 4.79 Å². The van der Waals surface area contributed by atoms with E-state index in [0.717, 1.165) is 17.4 Å². The van der Waals surface area contributed by atoms with Crippen molar-refractivity contribution in [2.75, 3.05) is 0 Å². The lowest BCUT2D eigenvalue weighted by molar-refractivity contribution is 0.0859. The van der Waals surface area contributed by atoms with Gasteiger partial charge in [0.1, 0.15) is 11.8 Å². The lowest BCUT2D eigenvalue weighted by atomic mass is 9.86. The van der Waals surface area contributed by atoms with E-state index in [1.165, 1.54) is 5.56 Å². The van der Waals surface area contributed by atoms with Crippen LogP contribution >= 0.6 is 0 Å². The van der Waals surface area contributed by atoms with Crippen LogP contribution in [0.2, 0.25) is 0 Å². The molecule has 0 N–H and O–H groups in total. The molecular formula is C15H18O2. The first-order chi connectivity index (χ1) is 7.93. The maximum absolute atomic E-state index is 12.2. The van der Waals surface area contributed by atoms with Gasteiger partial charge in [0.25, 0.3) is 0 Å². The summed E-state index contributed by atoms with van der Waals surface area (Å²) in [4.78, 5) is 12.2. The van der Waals surface area contributed by atoms with Crippen molar-refractivity contribution >= 4 is 16.8 Å². The van der Waals surface area contributed by atoms with Gasteiger partial charge in [-0.25, -0.2) is 0 Å². The molecule has 2 nitrogen and oxygen atoms in total. The molecule has 90 valence electrons. The van der Waals surface area contributed by atoms with E-state index in [1.807, 2.05) is 32.9 Å². The molecule has 1 heterocycles. The molecule has 0 aliphatic carbocycles. The van der Waals surface area contributed by atoms with E-state index in [0.29, 0.717) is 5.56 Å². The summed E-state index contributed by atoms with van der Waals surface area (Å²) >= 11 is 0. The quantitative estimate of drug-likeness (QED) is 0.723. The maximum Gasteiger partial charge on any atom is 0.172 e. The van der Waals surface area contributed by atoms with Gasteiger partial charge in [-0.15, -0.1) is 0 Å². The van der Waals surface area contributed by atoms with E-state index in [2.05, 4.69) is 13.0 Å². The fourth-order valence-corrected chi connectivity index (χ4v) is 1.87. The van der Waals surface area contributed by atoms with Gasteiger partial charge in [-0.1, -0.05) is 39.8 Å². The third kappa shape index (κ3) is 2.12. The largest absolute Gasteiger partial charge is 0.464 e. The average molecular weight is 230 g/mol. The molecule has 0 aliphatic heterocycles. The number of furan rings is 1. The number of fused-ring (bicyclic) bond motifs is 1. The van der Waals surface area contributed by atoms with Crippen molar-refractivity contribution in [2.24, 2.45) is 5.41 Å². The molecular weight excluding hydrogens is 212 g/mol. The molecule has 0 amide bonds. The highest BCUT2D eigenvalue weighted by Gasteiger charge is 2.26. The van der Waals surface area contributed by atoms with Gasteiger partial charge in [-0.2, -0.15) is 0 Å². The monoisotopic (exact) mass is 230 g/mol. The van der Waals surface area contributed by atoms with E-state index in [1.54, 1.807) is 6.26 Å². The van der Waals surface area contributed by atoms with Crippen LogP contribution in [0.15, 0.2) is 28.9 Å². The molecule has 0 fully saturated rings. The fourth-order valence-electron chi connectivity index (χ4n) is 1.87. The van der Waals surface area contributed by atoms with Crippen LogP contribution in [0.1, 0.15) is 43.6 Å². The molecule has 1 aromatic carbocycles. The van der Waals surface area contributed by atoms with E-state index in [9.17, 15) is 4.79 Å². The Morgan fingerprint density at radius 1 is 1.29 bits per heavy atom. The molecule has 0 atom stereocenters. The fraction of sp³-hybridized carbons (Fsp3) is 0.400. The number of carbonyl (C=O) groups is 1. The van der Waals surface area contributed by atoms with Crippen molar-refractivity contribution in [2.45, 2.75) is 34.1 Å². The van der Waals surface area contributed by atoms with Gasteiger partial charge in [0.15, 0.2) is 5.78 Å². The van der Waals surface area contributed by atoms with Gasteiger partial charge >= 0.3 is 0 Å². The first-order valence-electron chi connectivity index (χ1n) is 5.98. The summed E-state index contributed by atoms with van der Waals surface area (Å²) in [7, 11) is 0. The average Bonchev–Trinajstić information content (AvgIpc) is 2.69. The van der Waals surface area contributed by atoms with E-state index in [4.69, 9.17) is 4.42 Å². The lowest BCUT2D eigenvalue weighted by Gasteiger charge is -2.15. The molecule has 0 saturated carbocycles. The summed E-state index contributed by atoms with van der Waals surface area (Å²) < 4.78 is 5.49. The van der Waals surface area contributed by atoms with Crippen molar-refractivity contribution in [3.63, 3.8) is 0 Å². The first kappa shape index (κ1) is 11.9. The summed E-state index contributed by atoms with van der Waals surface area (Å²) in [5.74, 6) is 0.125. The molecule has 0 aliphatic rings. The Bertz CT molecular complexity index is 556. The Morgan fingerprint density at radius 3 is 2.59 bits per heavy atom. The zero-order chi connectivity index (χ0) is 12.6. The van der Waals surface area contributed by atoms with Gasteiger partial charge in [0.05, 0.1) is 5.56 Å². The summed E-state index contributed by atoms with van der Waals surface area (Å²) in [5, 5.41) is 0.919. The molecule has 1 aromatic heterocycles. The lowest BCUT2D eigenvalue weighted by Crippen LogP contribution is -2.19. The number of Topliss-reactive ketones (excluding diaryl/α,β-unsaturated/α-hetero) is 1. The predicted molar refractivity (Wildman–Crippen MR) is 69.4 cm³/mol. The van der Waals surface area contributed by atoms with Crippen LogP contribution in [0.4, 0.5) is 0 Å². The van der Waals surface area contributed by atoms with Gasteiger partial charge in [0.2, 0.25) is 0 Å². The van der Waals surface area contributed by atoms with Crippen molar-refractivity contribution in [1.29, 1.82) is 0 Å². The van der Waals surface area contributed by atoms with Crippen LogP contribution in [0.5, 0.6) is 0 Å². The van der Waals surface area contributed by atoms with Crippen molar-refractivity contribution in [3.8, 4) is 0 Å². The standard InChI is InChI=1S/C15H18O2/c1-5-10-6-7-11-12(9-17-13(11)8-10)14(16)15(2,3)4/h6-9H,5H2,1-4H3. The Balaban J connectivity index is 2.54. The number of hydrogen-bond acceptors (Lipinski definition) is 2. The number of ketones is 1. The second-order valence-electron chi connectivity index (χ2n) is 5.41. The minimum Gasteiger partial charge on any atom is -0.464 e. The molecule has 0 bridgehead atoms. The van der Waals surface area contributed by atoms with Gasteiger partial charge in [-0.05, 0) is 18.1 Å². The van der Waals surface area contributed by atoms with Gasteiger partial charge < -0.3 is 4.42 Å². The Morgan fingerprint density at radius 2 is 2.00 bits per heavy atom. The molecule has 2 rings (SSSR count).